The third kappa shape index (κ3) is 7.67. The Morgan fingerprint density at radius 2 is 1.92 bits per heavy atom. The lowest BCUT2D eigenvalue weighted by Gasteiger charge is -2.49. The summed E-state index contributed by atoms with van der Waals surface area (Å²) in [6, 6.07) is 2.12. The minimum absolute atomic E-state index is 0.0408. The minimum atomic E-state index is -1.79. The lowest BCUT2D eigenvalue weighted by Crippen LogP contribution is -2.70. The van der Waals surface area contributed by atoms with E-state index in [0.29, 0.717) is 0 Å². The van der Waals surface area contributed by atoms with E-state index >= 15 is 0 Å². The quantitative estimate of drug-likeness (QED) is 0.273. The van der Waals surface area contributed by atoms with Crippen molar-refractivity contribution >= 4 is 81.8 Å². The second-order valence-electron chi connectivity index (χ2n) is 9.15. The van der Waals surface area contributed by atoms with Crippen molar-refractivity contribution in [2.75, 3.05) is 6.61 Å². The van der Waals surface area contributed by atoms with E-state index in [9.17, 15) is 19.2 Å². The molecule has 9 nitrogen and oxygen atoms in total. The number of thioether (sulfide) groups is 1. The fourth-order valence-corrected chi connectivity index (χ4v) is 5.79. The van der Waals surface area contributed by atoms with Gasteiger partial charge in [0.25, 0.3) is 5.91 Å². The van der Waals surface area contributed by atoms with Crippen molar-refractivity contribution < 1.29 is 28.7 Å². The van der Waals surface area contributed by atoms with Crippen LogP contribution >= 0.6 is 57.9 Å². The summed E-state index contributed by atoms with van der Waals surface area (Å²) in [5.41, 5.74) is -0.659. The van der Waals surface area contributed by atoms with Crippen LogP contribution in [0.2, 0.25) is 0 Å². The average Bonchev–Trinajstić information content (AvgIpc) is 3.27. The molecule has 3 heterocycles. The molecular formula is C22H26Cl3N3O6S2. The van der Waals surface area contributed by atoms with Gasteiger partial charge in [-0.2, -0.15) is 0 Å². The van der Waals surface area contributed by atoms with E-state index in [1.165, 1.54) is 28.0 Å². The summed E-state index contributed by atoms with van der Waals surface area (Å²) >= 11 is 19.7. The monoisotopic (exact) mass is 597 g/mol. The standard InChI is InChI=1S/C22H26Cl3N3O6S2/c1-11-8-13(19(31)33-10-22(23,24)25)28-17(30)16(18(28)36-11)27-15(29)9-12(14-6-5-7-35-14)26-20(32)34-21(2,3)4/h5-8,11-12,16,18H,9-10H2,1-4H3,(H,26,32)(H,27,29)/t11?,12?,16?,18-/m0/s1. The third-order valence-corrected chi connectivity index (χ3v) is 7.55. The highest BCUT2D eigenvalue weighted by molar-refractivity contribution is 8.00. The molecule has 2 aliphatic rings. The fourth-order valence-electron chi connectivity index (χ4n) is 3.52. The second-order valence-corrected chi connectivity index (χ2v) is 14.1. The number of halogens is 3. The number of rotatable bonds is 7. The molecule has 0 bridgehead atoms. The van der Waals surface area contributed by atoms with Crippen LogP contribution in [-0.4, -0.2) is 61.4 Å². The summed E-state index contributed by atoms with van der Waals surface area (Å²) in [5, 5.41) is 6.65. The van der Waals surface area contributed by atoms with Gasteiger partial charge in [-0.25, -0.2) is 9.59 Å². The van der Waals surface area contributed by atoms with Gasteiger partial charge in [-0.3, -0.25) is 14.5 Å². The number of hydrogen-bond acceptors (Lipinski definition) is 8. The summed E-state index contributed by atoms with van der Waals surface area (Å²) < 4.78 is 8.57. The van der Waals surface area contributed by atoms with Gasteiger partial charge in [0.15, 0.2) is 0 Å². The van der Waals surface area contributed by atoms with E-state index in [2.05, 4.69) is 10.6 Å². The summed E-state index contributed by atoms with van der Waals surface area (Å²) in [6.07, 6.45) is 0.833. The number of hydrogen-bond donors (Lipinski definition) is 2. The molecule has 3 rings (SSSR count). The van der Waals surface area contributed by atoms with Gasteiger partial charge in [-0.05, 0) is 45.2 Å². The second kappa shape index (κ2) is 11.4. The Kier molecular flexibility index (Phi) is 9.14. The van der Waals surface area contributed by atoms with Gasteiger partial charge in [-0.15, -0.1) is 23.1 Å². The molecule has 3 unspecified atom stereocenters. The highest BCUT2D eigenvalue weighted by Crippen LogP contribution is 2.41. The normalized spacial score (nSPS) is 22.5. The van der Waals surface area contributed by atoms with Gasteiger partial charge < -0.3 is 20.1 Å². The Balaban J connectivity index is 1.64. The number of nitrogens with one attached hydrogen (secondary N) is 2. The molecule has 2 aliphatic heterocycles. The van der Waals surface area contributed by atoms with Crippen LogP contribution in [0.25, 0.3) is 0 Å². The molecule has 198 valence electrons. The van der Waals surface area contributed by atoms with E-state index in [-0.39, 0.29) is 17.4 Å². The van der Waals surface area contributed by atoms with Gasteiger partial charge in [-0.1, -0.05) is 40.9 Å². The van der Waals surface area contributed by atoms with Crippen molar-refractivity contribution in [2.24, 2.45) is 0 Å². The first-order chi connectivity index (χ1) is 16.6. The lowest BCUT2D eigenvalue weighted by atomic mass is 10.0. The first kappa shape index (κ1) is 28.9. The lowest BCUT2D eigenvalue weighted by molar-refractivity contribution is -0.152. The van der Waals surface area contributed by atoms with Crippen molar-refractivity contribution in [3.05, 3.63) is 34.2 Å². The molecule has 14 heteroatoms. The van der Waals surface area contributed by atoms with E-state index in [4.69, 9.17) is 44.3 Å². The summed E-state index contributed by atoms with van der Waals surface area (Å²) in [7, 11) is 0. The first-order valence-corrected chi connectivity index (χ1v) is 13.9. The van der Waals surface area contributed by atoms with Crippen LogP contribution in [0.15, 0.2) is 29.3 Å². The molecule has 1 fully saturated rings. The van der Waals surface area contributed by atoms with E-state index < -0.39 is 57.3 Å². The number of esters is 1. The SMILES string of the molecule is CC1C=C(C(=O)OCC(Cl)(Cl)Cl)N2C(=O)C(NC(=O)CC(NC(=O)OC(C)(C)C)c3cccs3)[C@@H]2S1. The average molecular weight is 599 g/mol. The van der Waals surface area contributed by atoms with E-state index in [0.717, 1.165) is 4.88 Å². The zero-order valence-corrected chi connectivity index (χ0v) is 23.8. The largest absolute Gasteiger partial charge is 0.456 e. The number of alkyl halides is 3. The third-order valence-electron chi connectivity index (χ3n) is 4.91. The van der Waals surface area contributed by atoms with Crippen LogP contribution in [0, 0.1) is 0 Å². The Labute approximate surface area is 232 Å². The van der Waals surface area contributed by atoms with Crippen LogP contribution in [0.4, 0.5) is 4.79 Å². The molecule has 4 atom stereocenters. The number of thiophene rings is 1. The first-order valence-electron chi connectivity index (χ1n) is 10.9. The molecule has 0 aliphatic carbocycles. The summed E-state index contributed by atoms with van der Waals surface area (Å²) in [4.78, 5) is 52.7. The maximum Gasteiger partial charge on any atom is 0.408 e. The fraction of sp³-hybridized carbons (Fsp3) is 0.545. The maximum absolute atomic E-state index is 12.9. The molecule has 0 aromatic carbocycles. The van der Waals surface area contributed by atoms with Gasteiger partial charge in [0, 0.05) is 10.1 Å². The molecule has 0 saturated carbocycles. The molecule has 1 aromatic heterocycles. The number of nitrogens with zero attached hydrogens (tertiary/aromatic N) is 1. The maximum atomic E-state index is 12.9. The molecular weight excluding hydrogens is 573 g/mol. The smallest absolute Gasteiger partial charge is 0.408 e. The number of carbonyl (C=O) groups excluding carboxylic acids is 4. The zero-order valence-electron chi connectivity index (χ0n) is 19.9. The van der Waals surface area contributed by atoms with Crippen molar-refractivity contribution in [2.45, 2.75) is 66.2 Å². The highest BCUT2D eigenvalue weighted by Gasteiger charge is 2.54. The molecule has 36 heavy (non-hydrogen) atoms. The number of carbonyl (C=O) groups is 4. The minimum Gasteiger partial charge on any atom is -0.456 e. The van der Waals surface area contributed by atoms with Crippen molar-refractivity contribution in [3.63, 3.8) is 0 Å². The van der Waals surface area contributed by atoms with Crippen LogP contribution in [0.1, 0.15) is 45.0 Å². The zero-order chi connectivity index (χ0) is 26.8. The van der Waals surface area contributed by atoms with Crippen LogP contribution in [-0.2, 0) is 23.9 Å². The van der Waals surface area contributed by atoms with E-state index in [1.807, 2.05) is 18.4 Å². The molecule has 0 spiro atoms. The van der Waals surface area contributed by atoms with Gasteiger partial charge in [0.1, 0.15) is 29.3 Å². The Bertz CT molecular complexity index is 1040. The van der Waals surface area contributed by atoms with Crippen LogP contribution < -0.4 is 10.6 Å². The predicted octanol–water partition coefficient (Wildman–Crippen LogP) is 4.29. The highest BCUT2D eigenvalue weighted by atomic mass is 35.6. The van der Waals surface area contributed by atoms with Crippen molar-refractivity contribution in [1.29, 1.82) is 0 Å². The topological polar surface area (TPSA) is 114 Å². The summed E-state index contributed by atoms with van der Waals surface area (Å²) in [5.74, 6) is -1.70. The van der Waals surface area contributed by atoms with Crippen LogP contribution in [0.3, 0.4) is 0 Å². The van der Waals surface area contributed by atoms with Crippen LogP contribution in [0.5, 0.6) is 0 Å². The van der Waals surface area contributed by atoms with Gasteiger partial charge in [0.05, 0.1) is 12.5 Å². The van der Waals surface area contributed by atoms with Gasteiger partial charge in [0.2, 0.25) is 9.70 Å². The number of fused-ring (bicyclic) bond motifs is 1. The number of β-lactam (4-membered cyclic amide) rings is 1. The molecule has 0 radical (unpaired) electrons. The summed E-state index contributed by atoms with van der Waals surface area (Å²) in [6.45, 7) is 6.60. The number of amides is 3. The predicted molar refractivity (Wildman–Crippen MR) is 140 cm³/mol. The Morgan fingerprint density at radius 1 is 1.22 bits per heavy atom. The molecule has 3 amide bonds. The van der Waals surface area contributed by atoms with Crippen molar-refractivity contribution in [1.82, 2.24) is 15.5 Å². The number of ether oxygens (including phenoxy) is 2. The number of alkyl carbamates (subject to hydrolysis) is 1. The molecule has 2 N–H and O–H groups in total. The Morgan fingerprint density at radius 3 is 2.50 bits per heavy atom. The molecule has 1 aromatic rings. The van der Waals surface area contributed by atoms with Gasteiger partial charge >= 0.3 is 12.1 Å². The van der Waals surface area contributed by atoms with E-state index in [1.54, 1.807) is 32.9 Å². The van der Waals surface area contributed by atoms with Crippen molar-refractivity contribution in [3.8, 4) is 0 Å². The Hall–Kier alpha value is -1.66. The molecule has 1 saturated heterocycles.